The highest BCUT2D eigenvalue weighted by molar-refractivity contribution is 5.97. The minimum atomic E-state index is -0.118. The van der Waals surface area contributed by atoms with Crippen molar-refractivity contribution in [2.24, 2.45) is 0 Å². The van der Waals surface area contributed by atoms with E-state index >= 15 is 0 Å². The Morgan fingerprint density at radius 1 is 1.13 bits per heavy atom. The molecule has 1 amide bonds. The van der Waals surface area contributed by atoms with Crippen LogP contribution in [-0.2, 0) is 4.74 Å². The molecule has 7 nitrogen and oxygen atoms in total. The fourth-order valence-electron chi connectivity index (χ4n) is 3.73. The van der Waals surface area contributed by atoms with Crippen molar-refractivity contribution in [3.05, 3.63) is 78.1 Å². The summed E-state index contributed by atoms with van der Waals surface area (Å²) in [5.74, 6) is 0.699. The van der Waals surface area contributed by atoms with E-state index in [1.165, 1.54) is 0 Å². The molecule has 156 valence electrons. The second kappa shape index (κ2) is 9.56. The number of hydrogen-bond donors (Lipinski definition) is 1. The van der Waals surface area contributed by atoms with E-state index in [4.69, 9.17) is 9.47 Å². The Morgan fingerprint density at radius 2 is 1.90 bits per heavy atom. The molecule has 3 aromatic rings. The van der Waals surface area contributed by atoms with Gasteiger partial charge in [0.05, 0.1) is 37.6 Å². The number of aromatic nitrogens is 2. The van der Waals surface area contributed by atoms with Gasteiger partial charge in [-0.2, -0.15) is 5.10 Å². The summed E-state index contributed by atoms with van der Waals surface area (Å²) in [5.41, 5.74) is 2.49. The molecule has 0 spiro atoms. The normalized spacial score (nSPS) is 15.5. The Bertz CT molecular complexity index is 951. The highest BCUT2D eigenvalue weighted by Crippen LogP contribution is 2.24. The van der Waals surface area contributed by atoms with Crippen LogP contribution in [0, 0.1) is 0 Å². The van der Waals surface area contributed by atoms with Gasteiger partial charge in [-0.15, -0.1) is 0 Å². The SMILES string of the molecule is COc1ccc(C(CNC(=O)c2ccccc2-n2cccn2)N2CCOCC2)cc1. The average molecular weight is 406 g/mol. The maximum absolute atomic E-state index is 13.1. The quantitative estimate of drug-likeness (QED) is 0.653. The number of benzene rings is 2. The lowest BCUT2D eigenvalue weighted by Crippen LogP contribution is -2.43. The molecule has 1 aliphatic heterocycles. The van der Waals surface area contributed by atoms with Crippen LogP contribution in [0.15, 0.2) is 67.0 Å². The molecule has 2 aromatic carbocycles. The van der Waals surface area contributed by atoms with Gasteiger partial charge in [-0.3, -0.25) is 9.69 Å². The molecule has 30 heavy (non-hydrogen) atoms. The third-order valence-corrected chi connectivity index (χ3v) is 5.34. The molecule has 4 rings (SSSR count). The number of rotatable bonds is 7. The van der Waals surface area contributed by atoms with Crippen LogP contribution in [0.5, 0.6) is 5.75 Å². The number of carbonyl (C=O) groups is 1. The van der Waals surface area contributed by atoms with Crippen LogP contribution in [0.2, 0.25) is 0 Å². The van der Waals surface area contributed by atoms with Crippen molar-refractivity contribution in [3.8, 4) is 11.4 Å². The second-order valence-corrected chi connectivity index (χ2v) is 7.12. The first kappa shape index (κ1) is 20.1. The van der Waals surface area contributed by atoms with Gasteiger partial charge in [0.2, 0.25) is 0 Å². The molecule has 1 aliphatic rings. The van der Waals surface area contributed by atoms with Gasteiger partial charge < -0.3 is 14.8 Å². The maximum Gasteiger partial charge on any atom is 0.253 e. The van der Waals surface area contributed by atoms with Gasteiger partial charge >= 0.3 is 0 Å². The van der Waals surface area contributed by atoms with E-state index in [2.05, 4.69) is 27.4 Å². The van der Waals surface area contributed by atoms with Gasteiger partial charge in [0.15, 0.2) is 0 Å². The number of ether oxygens (including phenoxy) is 2. The van der Waals surface area contributed by atoms with Crippen molar-refractivity contribution >= 4 is 5.91 Å². The fourth-order valence-corrected chi connectivity index (χ4v) is 3.73. The van der Waals surface area contributed by atoms with Gasteiger partial charge in [0.1, 0.15) is 5.75 Å². The zero-order chi connectivity index (χ0) is 20.8. The molecule has 0 aliphatic carbocycles. The highest BCUT2D eigenvalue weighted by Gasteiger charge is 2.24. The third-order valence-electron chi connectivity index (χ3n) is 5.34. The van der Waals surface area contributed by atoms with Gasteiger partial charge in [-0.25, -0.2) is 4.68 Å². The third kappa shape index (κ3) is 4.53. The topological polar surface area (TPSA) is 68.6 Å². The molecule has 0 radical (unpaired) electrons. The molecule has 0 bridgehead atoms. The molecule has 1 saturated heterocycles. The second-order valence-electron chi connectivity index (χ2n) is 7.12. The number of hydrogen-bond acceptors (Lipinski definition) is 5. The Labute approximate surface area is 176 Å². The monoisotopic (exact) mass is 406 g/mol. The summed E-state index contributed by atoms with van der Waals surface area (Å²) in [6, 6.07) is 17.4. The summed E-state index contributed by atoms with van der Waals surface area (Å²) in [4.78, 5) is 15.4. The molecule has 1 aromatic heterocycles. The highest BCUT2D eigenvalue weighted by atomic mass is 16.5. The Balaban J connectivity index is 1.53. The number of amides is 1. The zero-order valence-electron chi connectivity index (χ0n) is 17.0. The number of carbonyl (C=O) groups excluding carboxylic acids is 1. The number of nitrogens with one attached hydrogen (secondary N) is 1. The Hall–Kier alpha value is -3.16. The van der Waals surface area contributed by atoms with Crippen LogP contribution >= 0.6 is 0 Å². The molecule has 0 saturated carbocycles. The lowest BCUT2D eigenvalue weighted by atomic mass is 10.0. The number of methoxy groups -OCH3 is 1. The van der Waals surface area contributed by atoms with Gasteiger partial charge in [-0.05, 0) is 35.9 Å². The predicted octanol–water partition coefficient (Wildman–Crippen LogP) is 2.68. The summed E-state index contributed by atoms with van der Waals surface area (Å²) in [6.07, 6.45) is 3.53. The summed E-state index contributed by atoms with van der Waals surface area (Å²) >= 11 is 0. The van der Waals surface area contributed by atoms with Crippen molar-refractivity contribution in [1.82, 2.24) is 20.0 Å². The number of para-hydroxylation sites is 1. The molecular formula is C23H26N4O3. The van der Waals surface area contributed by atoms with E-state index in [0.717, 1.165) is 30.1 Å². The first-order valence-electron chi connectivity index (χ1n) is 10.1. The minimum absolute atomic E-state index is 0.0561. The van der Waals surface area contributed by atoms with E-state index in [0.29, 0.717) is 25.3 Å². The molecule has 1 atom stereocenters. The molecule has 7 heteroatoms. The summed E-state index contributed by atoms with van der Waals surface area (Å²) in [5, 5.41) is 7.40. The van der Waals surface area contributed by atoms with Crippen molar-refractivity contribution in [2.75, 3.05) is 40.0 Å². The summed E-state index contributed by atoms with van der Waals surface area (Å²) < 4.78 is 12.5. The van der Waals surface area contributed by atoms with Crippen molar-refractivity contribution in [1.29, 1.82) is 0 Å². The Morgan fingerprint density at radius 3 is 2.60 bits per heavy atom. The van der Waals surface area contributed by atoms with Gasteiger partial charge in [0.25, 0.3) is 5.91 Å². The largest absolute Gasteiger partial charge is 0.497 e. The summed E-state index contributed by atoms with van der Waals surface area (Å²) in [6.45, 7) is 3.55. The van der Waals surface area contributed by atoms with Crippen LogP contribution in [0.3, 0.4) is 0 Å². The van der Waals surface area contributed by atoms with E-state index in [1.807, 2.05) is 48.7 Å². The Kier molecular flexibility index (Phi) is 6.41. The number of nitrogens with zero attached hydrogens (tertiary/aromatic N) is 3. The molecule has 1 N–H and O–H groups in total. The molecular weight excluding hydrogens is 380 g/mol. The maximum atomic E-state index is 13.1. The average Bonchev–Trinajstić information content (AvgIpc) is 3.35. The standard InChI is InChI=1S/C23H26N4O3/c1-29-19-9-7-18(8-10-19)22(26-13-15-30-16-14-26)17-24-23(28)20-5-2-3-6-21(20)27-12-4-11-25-27/h2-12,22H,13-17H2,1H3,(H,24,28). The van der Waals surface area contributed by atoms with Crippen molar-refractivity contribution in [3.63, 3.8) is 0 Å². The smallest absolute Gasteiger partial charge is 0.253 e. The van der Waals surface area contributed by atoms with Gasteiger partial charge in [-0.1, -0.05) is 24.3 Å². The molecule has 2 heterocycles. The van der Waals surface area contributed by atoms with Crippen LogP contribution in [-0.4, -0.2) is 60.5 Å². The zero-order valence-corrected chi connectivity index (χ0v) is 17.0. The van der Waals surface area contributed by atoms with Crippen LogP contribution in [0.4, 0.5) is 0 Å². The van der Waals surface area contributed by atoms with E-state index in [9.17, 15) is 4.79 Å². The van der Waals surface area contributed by atoms with E-state index in [-0.39, 0.29) is 11.9 Å². The lowest BCUT2D eigenvalue weighted by Gasteiger charge is -2.35. The lowest BCUT2D eigenvalue weighted by molar-refractivity contribution is 0.0162. The summed E-state index contributed by atoms with van der Waals surface area (Å²) in [7, 11) is 1.66. The molecule has 1 unspecified atom stereocenters. The predicted molar refractivity (Wildman–Crippen MR) is 114 cm³/mol. The van der Waals surface area contributed by atoms with Crippen LogP contribution < -0.4 is 10.1 Å². The number of morpholine rings is 1. The first-order valence-corrected chi connectivity index (χ1v) is 10.1. The van der Waals surface area contributed by atoms with E-state index in [1.54, 1.807) is 18.0 Å². The van der Waals surface area contributed by atoms with Crippen molar-refractivity contribution in [2.45, 2.75) is 6.04 Å². The van der Waals surface area contributed by atoms with Crippen molar-refractivity contribution < 1.29 is 14.3 Å². The van der Waals surface area contributed by atoms with Crippen LogP contribution in [0.1, 0.15) is 22.0 Å². The van der Waals surface area contributed by atoms with E-state index < -0.39 is 0 Å². The fraction of sp³-hybridized carbons (Fsp3) is 0.304. The minimum Gasteiger partial charge on any atom is -0.497 e. The molecule has 1 fully saturated rings. The first-order chi connectivity index (χ1) is 14.8. The van der Waals surface area contributed by atoms with Gasteiger partial charge in [0, 0.05) is 32.0 Å². The van der Waals surface area contributed by atoms with Crippen LogP contribution in [0.25, 0.3) is 5.69 Å².